The summed E-state index contributed by atoms with van der Waals surface area (Å²) in [5.41, 5.74) is 16.0. The van der Waals surface area contributed by atoms with Gasteiger partial charge in [0.05, 0.1) is 21.3 Å². The number of H-pyrrole nitrogens is 6. The van der Waals surface area contributed by atoms with Gasteiger partial charge in [-0.15, -0.1) is 61.2 Å². The van der Waals surface area contributed by atoms with Crippen LogP contribution in [-0.2, 0) is 0 Å². The van der Waals surface area contributed by atoms with Gasteiger partial charge in [-0.05, 0) is 234 Å². The fourth-order valence-electron chi connectivity index (χ4n) is 11.5. The van der Waals surface area contributed by atoms with Gasteiger partial charge in [0, 0.05) is 101 Å². The van der Waals surface area contributed by atoms with Crippen LogP contribution in [-0.4, -0.2) is 181 Å². The fraction of sp³-hybridized carbons (Fsp3) is 0.0667. The molecule has 0 aliphatic heterocycles. The van der Waals surface area contributed by atoms with Crippen molar-refractivity contribution < 1.29 is 43.0 Å². The number of hydrogen-bond acceptors (Lipinski definition) is 27. The Bertz CT molecular complexity index is 5900. The van der Waals surface area contributed by atoms with E-state index in [-0.39, 0.29) is 35.4 Å². The number of methoxy groups -OCH3 is 3. The van der Waals surface area contributed by atoms with Gasteiger partial charge in [-0.25, -0.2) is 0 Å². The Labute approximate surface area is 733 Å². The number of anilines is 6. The highest BCUT2D eigenvalue weighted by Crippen LogP contribution is 2.25. The Morgan fingerprint density at radius 2 is 0.341 bits per heavy atom. The maximum absolute atomic E-state index is 12.2. The van der Waals surface area contributed by atoms with Crippen LogP contribution in [0.25, 0.3) is 68.3 Å². The second kappa shape index (κ2) is 44.2. The van der Waals surface area contributed by atoms with E-state index < -0.39 is 0 Å². The molecule has 0 aliphatic carbocycles. The third-order valence-corrected chi connectivity index (χ3v) is 18.5. The number of carbonyl (C=O) groups excluding carboxylic acids is 6. The molecule has 0 aliphatic rings. The molecule has 0 saturated carbocycles. The molecule has 18 rings (SSSR count). The fourth-order valence-corrected chi connectivity index (χ4v) is 11.5. The van der Waals surface area contributed by atoms with Crippen molar-refractivity contribution in [3.63, 3.8) is 0 Å². The Morgan fingerprint density at radius 1 is 0.202 bits per heavy atom. The monoisotopic (exact) mass is 1720 g/mol. The number of nitrogens with one attached hydrogen (secondary N) is 12. The van der Waals surface area contributed by atoms with Crippen LogP contribution in [0.15, 0.2) is 291 Å². The number of benzene rings is 12. The summed E-state index contributed by atoms with van der Waals surface area (Å²) in [5.74, 6) is 4.15. The lowest BCUT2D eigenvalue weighted by atomic mass is 10.1. The SMILES string of the molecule is COc1ccc(NC(=O)c2ccc(-c3nn[nH]n3)cc2)cc1.COc1ccc(NC(=O)c2ccc(-c3nn[nH]n3)cc2)cc1.COc1ccc(NC(=O)c2ccc(-c3nn[nH]n3)cc2)cc1.Cc1ccc(NC(=O)c2ccc(-c3nn[nH]n3)cc2)cc1.Cc1ccc(NC(=O)c2ccc(-c3nn[nH]n3)cc2)cc1.Cc1ccc(NC(=O)c2ccc(-c3nn[nH]n3)cc2)cc1. The standard InChI is InChI=1S/3C15H13N5O2.3C15H13N5O/c3*1-22-13-8-6-12(7-9-13)16-15(21)11-4-2-10(3-5-11)14-17-19-20-18-14;3*1-10-2-8-13(9-3-10)16-15(21)12-6-4-11(5-7-12)14-17-19-20-18-14/h3*2-9H,1H3,(H,16,21)(H,17,18,19,20);3*2-9H,1H3,(H,16,21)(H,17,18,19,20). The molecule has 642 valence electrons. The van der Waals surface area contributed by atoms with Crippen molar-refractivity contribution in [1.82, 2.24) is 124 Å². The first-order valence-electron chi connectivity index (χ1n) is 39.0. The largest absolute Gasteiger partial charge is 0.497 e. The molecule has 0 atom stereocenters. The smallest absolute Gasteiger partial charge is 0.255 e. The molecule has 12 aromatic carbocycles. The summed E-state index contributed by atoms with van der Waals surface area (Å²) in [6, 6.07) is 86.4. The Balaban J connectivity index is 0.000000132. The zero-order valence-electron chi connectivity index (χ0n) is 69.4. The first-order chi connectivity index (χ1) is 62.9. The Kier molecular flexibility index (Phi) is 30.2. The molecule has 0 fully saturated rings. The lowest BCUT2D eigenvalue weighted by molar-refractivity contribution is 0.101. The second-order valence-electron chi connectivity index (χ2n) is 27.4. The number of hydrogen-bond donors (Lipinski definition) is 12. The van der Waals surface area contributed by atoms with Crippen LogP contribution in [0.1, 0.15) is 78.8 Å². The van der Waals surface area contributed by atoms with Crippen LogP contribution in [0, 0.1) is 20.8 Å². The Hall–Kier alpha value is -18.7. The van der Waals surface area contributed by atoms with Crippen molar-refractivity contribution in [2.24, 2.45) is 0 Å². The van der Waals surface area contributed by atoms with Crippen molar-refractivity contribution in [3.8, 4) is 85.6 Å². The number of nitrogens with zero attached hydrogens (tertiary/aromatic N) is 18. The van der Waals surface area contributed by atoms with Gasteiger partial charge in [0.15, 0.2) is 0 Å². The maximum atomic E-state index is 12.2. The molecule has 6 aromatic heterocycles. The average molecular weight is 1720 g/mol. The topological polar surface area (TPSA) is 529 Å². The number of ether oxygens (including phenoxy) is 3. The van der Waals surface area contributed by atoms with Crippen molar-refractivity contribution in [2.75, 3.05) is 53.2 Å². The van der Waals surface area contributed by atoms with Gasteiger partial charge in [-0.3, -0.25) is 28.8 Å². The van der Waals surface area contributed by atoms with Gasteiger partial charge in [0.2, 0.25) is 34.9 Å². The quantitative estimate of drug-likeness (QED) is 0.0318. The van der Waals surface area contributed by atoms with Gasteiger partial charge >= 0.3 is 0 Å². The Morgan fingerprint density at radius 3 is 0.465 bits per heavy atom. The second-order valence-corrected chi connectivity index (χ2v) is 27.4. The summed E-state index contributed by atoms with van der Waals surface area (Å²) in [7, 11) is 4.79. The van der Waals surface area contributed by atoms with Gasteiger partial charge in [0.1, 0.15) is 17.2 Å². The molecule has 6 heterocycles. The van der Waals surface area contributed by atoms with E-state index >= 15 is 0 Å². The van der Waals surface area contributed by atoms with Crippen molar-refractivity contribution in [1.29, 1.82) is 0 Å². The summed E-state index contributed by atoms with van der Waals surface area (Å²) in [4.78, 5) is 72.9. The number of amides is 6. The van der Waals surface area contributed by atoms with Crippen LogP contribution >= 0.6 is 0 Å². The molecule has 0 unspecified atom stereocenters. The molecule has 0 spiro atoms. The van der Waals surface area contributed by atoms with Crippen LogP contribution in [0.5, 0.6) is 17.2 Å². The highest BCUT2D eigenvalue weighted by atomic mass is 16.5. The minimum atomic E-state index is -0.190. The number of carbonyl (C=O) groups is 6. The summed E-state index contributed by atoms with van der Waals surface area (Å²) < 4.78 is 15.2. The molecular formula is C90H78N30O9. The van der Waals surface area contributed by atoms with E-state index in [1.54, 1.807) is 240 Å². The molecule has 0 bridgehead atoms. The zero-order valence-corrected chi connectivity index (χ0v) is 69.4. The molecule has 39 nitrogen and oxygen atoms in total. The van der Waals surface area contributed by atoms with E-state index in [0.717, 1.165) is 84.4 Å². The molecule has 0 radical (unpaired) electrons. The van der Waals surface area contributed by atoms with Gasteiger partial charge < -0.3 is 46.1 Å². The highest BCUT2D eigenvalue weighted by Gasteiger charge is 2.16. The van der Waals surface area contributed by atoms with E-state index in [4.69, 9.17) is 14.2 Å². The van der Waals surface area contributed by atoms with Crippen molar-refractivity contribution in [3.05, 3.63) is 341 Å². The third-order valence-electron chi connectivity index (χ3n) is 18.5. The van der Waals surface area contributed by atoms with E-state index in [2.05, 4.69) is 156 Å². The number of aryl methyl sites for hydroxylation is 3. The van der Waals surface area contributed by atoms with E-state index in [1.807, 2.05) is 93.6 Å². The number of rotatable bonds is 21. The number of aromatic amines is 6. The van der Waals surface area contributed by atoms with Crippen LogP contribution in [0.4, 0.5) is 34.1 Å². The first-order valence-corrected chi connectivity index (χ1v) is 39.0. The van der Waals surface area contributed by atoms with Gasteiger partial charge in [-0.2, -0.15) is 31.3 Å². The maximum Gasteiger partial charge on any atom is 0.255 e. The highest BCUT2D eigenvalue weighted by molar-refractivity contribution is 6.08. The molecule has 39 heteroatoms. The van der Waals surface area contributed by atoms with Crippen LogP contribution in [0.3, 0.4) is 0 Å². The lowest BCUT2D eigenvalue weighted by Crippen LogP contribution is -2.11. The van der Waals surface area contributed by atoms with Crippen LogP contribution < -0.4 is 46.1 Å². The van der Waals surface area contributed by atoms with E-state index in [9.17, 15) is 28.8 Å². The molecule has 0 saturated heterocycles. The predicted octanol–water partition coefficient (Wildman–Crippen LogP) is 13.7. The average Bonchev–Trinajstić information content (AvgIpc) is 1.59. The molecule has 6 amide bonds. The molecule has 18 aromatic rings. The summed E-state index contributed by atoms with van der Waals surface area (Å²) in [5, 5.41) is 99.0. The summed E-state index contributed by atoms with van der Waals surface area (Å²) in [6.07, 6.45) is 0. The molecule has 12 N–H and O–H groups in total. The predicted molar refractivity (Wildman–Crippen MR) is 478 cm³/mol. The van der Waals surface area contributed by atoms with Crippen molar-refractivity contribution in [2.45, 2.75) is 20.8 Å². The van der Waals surface area contributed by atoms with Crippen LogP contribution in [0.2, 0.25) is 0 Å². The van der Waals surface area contributed by atoms with Gasteiger partial charge in [0.25, 0.3) is 35.4 Å². The number of aromatic nitrogens is 24. The lowest BCUT2D eigenvalue weighted by Gasteiger charge is -2.06. The zero-order chi connectivity index (χ0) is 90.1. The molecule has 129 heavy (non-hydrogen) atoms. The normalized spacial score (nSPS) is 10.3. The number of tetrazole rings is 6. The van der Waals surface area contributed by atoms with E-state index in [0.29, 0.717) is 85.4 Å². The summed E-state index contributed by atoms with van der Waals surface area (Å²) in [6.45, 7) is 6.01. The first kappa shape index (κ1) is 88.1. The molecular weight excluding hydrogens is 1650 g/mol. The minimum Gasteiger partial charge on any atom is -0.497 e. The van der Waals surface area contributed by atoms with Crippen molar-refractivity contribution >= 4 is 69.6 Å². The summed E-state index contributed by atoms with van der Waals surface area (Å²) >= 11 is 0. The third kappa shape index (κ3) is 25.7. The van der Waals surface area contributed by atoms with Gasteiger partial charge in [-0.1, -0.05) is 126 Å². The van der Waals surface area contributed by atoms with E-state index in [1.165, 1.54) is 0 Å². The minimum absolute atomic E-state index is 0.154.